The highest BCUT2D eigenvalue weighted by molar-refractivity contribution is 5.97. The molecule has 3 heterocycles. The van der Waals surface area contributed by atoms with Crippen LogP contribution in [-0.4, -0.2) is 77.8 Å². The van der Waals surface area contributed by atoms with Crippen molar-refractivity contribution in [3.63, 3.8) is 0 Å². The molecule has 1 aromatic heterocycles. The van der Waals surface area contributed by atoms with Crippen LogP contribution in [0.5, 0.6) is 5.75 Å². The Morgan fingerprint density at radius 1 is 1.03 bits per heavy atom. The van der Waals surface area contributed by atoms with Crippen LogP contribution in [-0.2, 0) is 4.79 Å². The first kappa shape index (κ1) is 26.1. The van der Waals surface area contributed by atoms with Crippen LogP contribution >= 0.6 is 0 Å². The number of alkyl halides is 2. The van der Waals surface area contributed by atoms with Gasteiger partial charge in [-0.1, -0.05) is 12.1 Å². The van der Waals surface area contributed by atoms with E-state index in [-0.39, 0.29) is 41.7 Å². The van der Waals surface area contributed by atoms with E-state index in [1.165, 1.54) is 12.7 Å². The normalized spacial score (nSPS) is 22.1. The highest BCUT2D eigenvalue weighted by Crippen LogP contribution is 2.44. The molecule has 1 N–H and O–H groups in total. The summed E-state index contributed by atoms with van der Waals surface area (Å²) < 4.78 is 37.6. The van der Waals surface area contributed by atoms with E-state index in [1.807, 2.05) is 0 Å². The fourth-order valence-electron chi connectivity index (χ4n) is 5.56. The summed E-state index contributed by atoms with van der Waals surface area (Å²) in [6.45, 7) is 2.40. The molecule has 0 bridgehead atoms. The lowest BCUT2D eigenvalue weighted by Crippen LogP contribution is -2.53. The number of amides is 3. The predicted molar refractivity (Wildman–Crippen MR) is 132 cm³/mol. The summed E-state index contributed by atoms with van der Waals surface area (Å²) in [7, 11) is 0. The highest BCUT2D eigenvalue weighted by atomic mass is 19.3. The minimum absolute atomic E-state index is 0.214. The van der Waals surface area contributed by atoms with Crippen molar-refractivity contribution >= 4 is 17.7 Å². The molecule has 1 aliphatic carbocycles. The lowest BCUT2D eigenvalue weighted by molar-refractivity contribution is -0.161. The maximum atomic E-state index is 13.3. The van der Waals surface area contributed by atoms with Crippen molar-refractivity contribution in [1.29, 1.82) is 0 Å². The molecule has 204 valence electrons. The summed E-state index contributed by atoms with van der Waals surface area (Å²) in [4.78, 5) is 46.5. The molecular weight excluding hydrogens is 498 g/mol. The number of rotatable bonds is 2. The Bertz CT molecular complexity index is 1160. The van der Waals surface area contributed by atoms with Crippen molar-refractivity contribution in [3.05, 3.63) is 48.2 Å². The molecule has 3 aliphatic rings. The first-order valence-corrected chi connectivity index (χ1v) is 13.1. The third-order valence-corrected chi connectivity index (χ3v) is 8.01. The first-order valence-electron chi connectivity index (χ1n) is 13.1. The fourth-order valence-corrected chi connectivity index (χ4v) is 5.56. The molecule has 3 amide bonds. The molecule has 0 unspecified atom stereocenters. The Labute approximate surface area is 219 Å². The minimum atomic E-state index is -2.74. The number of benzene rings is 1. The van der Waals surface area contributed by atoms with Gasteiger partial charge in [-0.3, -0.25) is 14.4 Å². The number of hydrogen-bond donors (Lipinski definition) is 1. The summed E-state index contributed by atoms with van der Waals surface area (Å²) in [6.07, 6.45) is 4.10. The third kappa shape index (κ3) is 5.66. The van der Waals surface area contributed by atoms with Crippen molar-refractivity contribution < 1.29 is 32.3 Å². The van der Waals surface area contributed by atoms with E-state index in [9.17, 15) is 23.2 Å². The molecule has 1 saturated heterocycles. The molecule has 1 spiro atoms. The minimum Gasteiger partial charge on any atom is -0.493 e. The average molecular weight is 531 g/mol. The monoisotopic (exact) mass is 530 g/mol. The zero-order chi connectivity index (χ0) is 26.8. The number of ether oxygens (including phenoxy) is 1. The number of nitrogens with zero attached hydrogens (tertiary/aromatic N) is 3. The second-order valence-corrected chi connectivity index (χ2v) is 10.6. The molecule has 2 fully saturated rings. The lowest BCUT2D eigenvalue weighted by Gasteiger charge is -2.45. The van der Waals surface area contributed by atoms with E-state index in [0.29, 0.717) is 76.3 Å². The van der Waals surface area contributed by atoms with Gasteiger partial charge in [0.2, 0.25) is 11.8 Å². The molecule has 5 rings (SSSR count). The number of para-hydroxylation sites is 1. The molecule has 9 nitrogen and oxygen atoms in total. The van der Waals surface area contributed by atoms with Crippen LogP contribution in [0.15, 0.2) is 41.3 Å². The van der Waals surface area contributed by atoms with E-state index in [1.54, 1.807) is 34.1 Å². The summed E-state index contributed by atoms with van der Waals surface area (Å²) >= 11 is 0. The number of carbonyl (C=O) groups is 3. The van der Waals surface area contributed by atoms with Gasteiger partial charge in [-0.15, -0.1) is 0 Å². The average Bonchev–Trinajstić information content (AvgIpc) is 3.45. The highest BCUT2D eigenvalue weighted by Gasteiger charge is 2.50. The van der Waals surface area contributed by atoms with Gasteiger partial charge in [0.15, 0.2) is 12.1 Å². The number of nitrogens with one attached hydrogen (secondary N) is 1. The van der Waals surface area contributed by atoms with Gasteiger partial charge in [0.05, 0.1) is 12.2 Å². The molecule has 0 atom stereocenters. The van der Waals surface area contributed by atoms with Crippen molar-refractivity contribution in [2.45, 2.75) is 44.4 Å². The molecule has 1 aromatic carbocycles. The molecule has 11 heteroatoms. The molecule has 2 aromatic rings. The Kier molecular flexibility index (Phi) is 7.36. The van der Waals surface area contributed by atoms with E-state index in [2.05, 4.69) is 10.3 Å². The molecule has 0 radical (unpaired) electrons. The van der Waals surface area contributed by atoms with Crippen molar-refractivity contribution in [3.8, 4) is 5.75 Å². The zero-order valence-corrected chi connectivity index (χ0v) is 21.2. The van der Waals surface area contributed by atoms with Gasteiger partial charge in [0, 0.05) is 51.5 Å². The second kappa shape index (κ2) is 10.7. The summed E-state index contributed by atoms with van der Waals surface area (Å²) in [5.74, 6) is -3.59. The Morgan fingerprint density at radius 2 is 1.74 bits per heavy atom. The smallest absolute Gasteiger partial charge is 0.275 e. The van der Waals surface area contributed by atoms with E-state index < -0.39 is 11.8 Å². The van der Waals surface area contributed by atoms with Crippen LogP contribution in [0.1, 0.15) is 59.4 Å². The SMILES string of the molecule is O=C1NCC2(CCN(C(=O)c3cocn3)CCCOc3ccccc31)CCN(C(=O)C1CC(F)(F)C1)CC2. The second-order valence-electron chi connectivity index (χ2n) is 10.6. The summed E-state index contributed by atoms with van der Waals surface area (Å²) in [5.41, 5.74) is 0.291. The van der Waals surface area contributed by atoms with Gasteiger partial charge in [-0.25, -0.2) is 13.8 Å². The maximum absolute atomic E-state index is 13.3. The summed E-state index contributed by atoms with van der Waals surface area (Å²) in [5, 5.41) is 3.06. The van der Waals surface area contributed by atoms with E-state index in [0.717, 1.165) is 0 Å². The van der Waals surface area contributed by atoms with Gasteiger partial charge in [-0.05, 0) is 43.2 Å². The molecular formula is C27H32F2N4O5. The Morgan fingerprint density at radius 3 is 2.42 bits per heavy atom. The van der Waals surface area contributed by atoms with Crippen LogP contribution in [0.25, 0.3) is 0 Å². The van der Waals surface area contributed by atoms with Crippen LogP contribution in [0.4, 0.5) is 8.78 Å². The van der Waals surface area contributed by atoms with Gasteiger partial charge < -0.3 is 24.3 Å². The zero-order valence-electron chi connectivity index (χ0n) is 21.2. The number of halogens is 2. The van der Waals surface area contributed by atoms with Gasteiger partial charge in [0.1, 0.15) is 12.0 Å². The summed E-state index contributed by atoms with van der Waals surface area (Å²) in [6, 6.07) is 7.04. The number of likely N-dealkylation sites (tertiary alicyclic amines) is 1. The number of hydrogen-bond acceptors (Lipinski definition) is 6. The molecule has 1 saturated carbocycles. The quantitative estimate of drug-likeness (QED) is 0.639. The van der Waals surface area contributed by atoms with Crippen LogP contribution in [0, 0.1) is 11.3 Å². The number of piperidine rings is 1. The topological polar surface area (TPSA) is 105 Å². The third-order valence-electron chi connectivity index (χ3n) is 8.01. The van der Waals surface area contributed by atoms with Crippen molar-refractivity contribution in [2.24, 2.45) is 11.3 Å². The van der Waals surface area contributed by atoms with Crippen molar-refractivity contribution in [2.75, 3.05) is 39.3 Å². The predicted octanol–water partition coefficient (Wildman–Crippen LogP) is 3.37. The molecule has 38 heavy (non-hydrogen) atoms. The first-order chi connectivity index (χ1) is 18.3. The van der Waals surface area contributed by atoms with Crippen LogP contribution in [0.3, 0.4) is 0 Å². The van der Waals surface area contributed by atoms with Gasteiger partial charge in [-0.2, -0.15) is 0 Å². The van der Waals surface area contributed by atoms with Crippen LogP contribution in [0.2, 0.25) is 0 Å². The number of aromatic nitrogens is 1. The molecule has 2 aliphatic heterocycles. The van der Waals surface area contributed by atoms with Crippen molar-refractivity contribution in [1.82, 2.24) is 20.1 Å². The fraction of sp³-hybridized carbons (Fsp3) is 0.556. The number of carbonyl (C=O) groups excluding carboxylic acids is 3. The van der Waals surface area contributed by atoms with Gasteiger partial charge >= 0.3 is 0 Å². The maximum Gasteiger partial charge on any atom is 0.275 e. The van der Waals surface area contributed by atoms with Gasteiger partial charge in [0.25, 0.3) is 11.8 Å². The standard InChI is InChI=1S/C27H32F2N4O5/c28-27(29)14-19(15-27)24(35)33-11-7-26(8-12-33)6-10-32(25(36)21-16-37-18-31-21)9-3-13-38-22-5-2-1-4-20(22)23(34)30-17-26/h1-2,4-5,16,18-19H,3,6-15,17H2,(H,30,34). The van der Waals surface area contributed by atoms with E-state index in [4.69, 9.17) is 9.15 Å². The lowest BCUT2D eigenvalue weighted by atomic mass is 9.74. The number of oxazole rings is 1. The Hall–Kier alpha value is -3.50. The van der Waals surface area contributed by atoms with Crippen LogP contribution < -0.4 is 10.1 Å². The number of fused-ring (bicyclic) bond motifs is 1. The largest absolute Gasteiger partial charge is 0.493 e. The Balaban J connectivity index is 1.33. The van der Waals surface area contributed by atoms with E-state index >= 15 is 0 Å².